The third-order valence-electron chi connectivity index (χ3n) is 3.18. The molecule has 1 aromatic heterocycles. The molecule has 0 aliphatic heterocycles. The Bertz CT molecular complexity index is 580. The van der Waals surface area contributed by atoms with Gasteiger partial charge in [0.05, 0.1) is 5.69 Å². The van der Waals surface area contributed by atoms with Gasteiger partial charge >= 0.3 is 0 Å². The maximum Gasteiger partial charge on any atom is 0.152 e. The quantitative estimate of drug-likeness (QED) is 0.891. The van der Waals surface area contributed by atoms with E-state index in [1.807, 2.05) is 13.8 Å². The van der Waals surface area contributed by atoms with Crippen LogP contribution in [0.5, 0.6) is 0 Å². The van der Waals surface area contributed by atoms with E-state index in [-0.39, 0.29) is 12.2 Å². The van der Waals surface area contributed by atoms with E-state index < -0.39 is 11.6 Å². The molecule has 3 nitrogen and oxygen atoms in total. The highest BCUT2D eigenvalue weighted by Gasteiger charge is 2.17. The number of rotatable bonds is 2. The fourth-order valence-electron chi connectivity index (χ4n) is 1.88. The van der Waals surface area contributed by atoms with Crippen molar-refractivity contribution >= 4 is 0 Å². The van der Waals surface area contributed by atoms with Crippen LogP contribution in [0.15, 0.2) is 12.1 Å². The Labute approximate surface area is 104 Å². The molecule has 0 saturated heterocycles. The van der Waals surface area contributed by atoms with Gasteiger partial charge in [-0.25, -0.2) is 13.5 Å². The largest absolute Gasteiger partial charge is 0.326 e. The summed E-state index contributed by atoms with van der Waals surface area (Å²) in [4.78, 5) is 0. The standard InChI is InChI=1S/C13H15F2N3/c1-7-8(2)17-18(9(7)3)13-11(14)4-10(6-16)5-12(13)15/h4-5H,6,16H2,1-3H3. The first-order valence-electron chi connectivity index (χ1n) is 5.67. The molecule has 0 aliphatic carbocycles. The summed E-state index contributed by atoms with van der Waals surface area (Å²) >= 11 is 0. The molecule has 0 atom stereocenters. The molecule has 0 fully saturated rings. The summed E-state index contributed by atoms with van der Waals surface area (Å²) < 4.78 is 29.2. The van der Waals surface area contributed by atoms with Crippen LogP contribution in [0.2, 0.25) is 0 Å². The Morgan fingerprint density at radius 2 is 1.72 bits per heavy atom. The summed E-state index contributed by atoms with van der Waals surface area (Å²) in [6, 6.07) is 2.48. The number of hydrogen-bond acceptors (Lipinski definition) is 2. The highest BCUT2D eigenvalue weighted by Crippen LogP contribution is 2.23. The molecule has 0 spiro atoms. The fourth-order valence-corrected chi connectivity index (χ4v) is 1.88. The summed E-state index contributed by atoms with van der Waals surface area (Å²) in [5, 5.41) is 4.16. The lowest BCUT2D eigenvalue weighted by atomic mass is 10.1. The van der Waals surface area contributed by atoms with Crippen molar-refractivity contribution in [3.05, 3.63) is 46.3 Å². The van der Waals surface area contributed by atoms with E-state index in [1.54, 1.807) is 6.92 Å². The van der Waals surface area contributed by atoms with Crippen molar-refractivity contribution in [3.63, 3.8) is 0 Å². The van der Waals surface area contributed by atoms with Crippen molar-refractivity contribution in [1.29, 1.82) is 0 Å². The van der Waals surface area contributed by atoms with Crippen molar-refractivity contribution in [1.82, 2.24) is 9.78 Å². The Kier molecular flexibility index (Phi) is 3.17. The molecule has 0 saturated carbocycles. The number of aryl methyl sites for hydroxylation is 1. The minimum absolute atomic E-state index is 0.101. The van der Waals surface area contributed by atoms with Crippen molar-refractivity contribution in [2.24, 2.45) is 5.73 Å². The first-order valence-corrected chi connectivity index (χ1v) is 5.67. The van der Waals surface area contributed by atoms with E-state index in [1.165, 1.54) is 16.8 Å². The van der Waals surface area contributed by atoms with Crippen LogP contribution in [0.3, 0.4) is 0 Å². The summed E-state index contributed by atoms with van der Waals surface area (Å²) in [7, 11) is 0. The average Bonchev–Trinajstić information content (AvgIpc) is 2.56. The minimum atomic E-state index is -0.652. The molecule has 0 aliphatic rings. The Morgan fingerprint density at radius 3 is 2.11 bits per heavy atom. The first-order chi connectivity index (χ1) is 8.45. The molecule has 2 aromatic rings. The predicted octanol–water partition coefficient (Wildman–Crippen LogP) is 2.53. The second-order valence-corrected chi connectivity index (χ2v) is 4.32. The summed E-state index contributed by atoms with van der Waals surface area (Å²) in [5.41, 5.74) is 8.06. The van der Waals surface area contributed by atoms with E-state index in [4.69, 9.17) is 5.73 Å². The van der Waals surface area contributed by atoms with E-state index in [0.29, 0.717) is 5.56 Å². The van der Waals surface area contributed by atoms with Gasteiger partial charge in [0, 0.05) is 12.2 Å². The highest BCUT2D eigenvalue weighted by atomic mass is 19.1. The predicted molar refractivity (Wildman–Crippen MR) is 65.6 cm³/mol. The molecule has 18 heavy (non-hydrogen) atoms. The first kappa shape index (κ1) is 12.7. The number of hydrogen-bond donors (Lipinski definition) is 1. The van der Waals surface area contributed by atoms with Crippen molar-refractivity contribution in [3.8, 4) is 5.69 Å². The molecule has 0 amide bonds. The van der Waals surface area contributed by atoms with E-state index in [0.717, 1.165) is 17.0 Å². The van der Waals surface area contributed by atoms with Gasteiger partial charge in [-0.15, -0.1) is 0 Å². The second-order valence-electron chi connectivity index (χ2n) is 4.32. The molecule has 2 rings (SSSR count). The average molecular weight is 251 g/mol. The van der Waals surface area contributed by atoms with Crippen LogP contribution in [0.4, 0.5) is 8.78 Å². The molecular formula is C13H15F2N3. The molecule has 96 valence electrons. The van der Waals surface area contributed by atoms with Gasteiger partial charge in [-0.1, -0.05) is 0 Å². The topological polar surface area (TPSA) is 43.8 Å². The van der Waals surface area contributed by atoms with Crippen LogP contribution >= 0.6 is 0 Å². The number of nitrogens with zero attached hydrogens (tertiary/aromatic N) is 2. The monoisotopic (exact) mass is 251 g/mol. The van der Waals surface area contributed by atoms with Gasteiger partial charge in [0.2, 0.25) is 0 Å². The van der Waals surface area contributed by atoms with Crippen LogP contribution < -0.4 is 5.73 Å². The highest BCUT2D eigenvalue weighted by molar-refractivity contribution is 5.41. The lowest BCUT2D eigenvalue weighted by Crippen LogP contribution is -2.08. The minimum Gasteiger partial charge on any atom is -0.326 e. The van der Waals surface area contributed by atoms with Crippen molar-refractivity contribution in [2.75, 3.05) is 0 Å². The van der Waals surface area contributed by atoms with Crippen molar-refractivity contribution in [2.45, 2.75) is 27.3 Å². The third kappa shape index (κ3) is 1.90. The molecule has 0 bridgehead atoms. The van der Waals surface area contributed by atoms with Gasteiger partial charge in [-0.05, 0) is 44.0 Å². The summed E-state index contributed by atoms with van der Waals surface area (Å²) in [6.07, 6.45) is 0. The lowest BCUT2D eigenvalue weighted by Gasteiger charge is -2.09. The van der Waals surface area contributed by atoms with Crippen LogP contribution in [0, 0.1) is 32.4 Å². The maximum atomic E-state index is 13.9. The number of halogens is 2. The van der Waals surface area contributed by atoms with Gasteiger partial charge in [-0.3, -0.25) is 0 Å². The van der Waals surface area contributed by atoms with E-state index in [2.05, 4.69) is 5.10 Å². The third-order valence-corrected chi connectivity index (χ3v) is 3.18. The second kappa shape index (κ2) is 4.49. The van der Waals surface area contributed by atoms with E-state index >= 15 is 0 Å². The van der Waals surface area contributed by atoms with Gasteiger partial charge in [0.15, 0.2) is 11.6 Å². The van der Waals surface area contributed by atoms with Gasteiger partial charge in [0.25, 0.3) is 0 Å². The van der Waals surface area contributed by atoms with Crippen molar-refractivity contribution < 1.29 is 8.78 Å². The molecule has 0 unspecified atom stereocenters. The van der Waals surface area contributed by atoms with Crippen LogP contribution in [-0.2, 0) is 6.54 Å². The fraction of sp³-hybridized carbons (Fsp3) is 0.308. The normalized spacial score (nSPS) is 11.0. The zero-order valence-corrected chi connectivity index (χ0v) is 10.6. The zero-order valence-electron chi connectivity index (χ0n) is 10.6. The van der Waals surface area contributed by atoms with Crippen LogP contribution in [0.25, 0.3) is 5.69 Å². The Hall–Kier alpha value is -1.75. The molecule has 0 radical (unpaired) electrons. The van der Waals surface area contributed by atoms with Crippen LogP contribution in [-0.4, -0.2) is 9.78 Å². The van der Waals surface area contributed by atoms with Gasteiger partial charge in [0.1, 0.15) is 5.69 Å². The molecule has 1 aromatic carbocycles. The van der Waals surface area contributed by atoms with Gasteiger partial charge in [-0.2, -0.15) is 5.10 Å². The maximum absolute atomic E-state index is 13.9. The van der Waals surface area contributed by atoms with Crippen LogP contribution in [0.1, 0.15) is 22.5 Å². The molecule has 5 heteroatoms. The Balaban J connectivity index is 2.67. The number of nitrogens with two attached hydrogens (primary N) is 1. The Morgan fingerprint density at radius 1 is 1.17 bits per heavy atom. The number of aromatic nitrogens is 2. The summed E-state index contributed by atoms with van der Waals surface area (Å²) in [6.45, 7) is 5.57. The molecular weight excluding hydrogens is 236 g/mol. The van der Waals surface area contributed by atoms with Gasteiger partial charge < -0.3 is 5.73 Å². The zero-order chi connectivity index (χ0) is 13.4. The number of benzene rings is 1. The SMILES string of the molecule is Cc1nn(-c2c(F)cc(CN)cc2F)c(C)c1C. The lowest BCUT2D eigenvalue weighted by molar-refractivity contribution is 0.554. The molecule has 1 heterocycles. The molecule has 2 N–H and O–H groups in total. The van der Waals surface area contributed by atoms with E-state index in [9.17, 15) is 8.78 Å². The summed E-state index contributed by atoms with van der Waals surface area (Å²) in [5.74, 6) is -1.30. The smallest absolute Gasteiger partial charge is 0.152 e.